The molecule has 1 aliphatic rings. The molecule has 19 heavy (non-hydrogen) atoms. The maximum atomic E-state index is 12.1. The van der Waals surface area contributed by atoms with Crippen molar-refractivity contribution >= 4 is 21.6 Å². The lowest BCUT2D eigenvalue weighted by molar-refractivity contribution is 0.133. The molecule has 0 saturated heterocycles. The van der Waals surface area contributed by atoms with Gasteiger partial charge in [-0.25, -0.2) is 13.1 Å². The molecule has 0 unspecified atom stereocenters. The molecule has 7 heteroatoms. The minimum atomic E-state index is -3.62. The Kier molecular flexibility index (Phi) is 4.03. The van der Waals surface area contributed by atoms with Gasteiger partial charge in [-0.15, -0.1) is 0 Å². The van der Waals surface area contributed by atoms with E-state index in [2.05, 4.69) is 16.6 Å². The van der Waals surface area contributed by atoms with Crippen LogP contribution in [0.2, 0.25) is 5.02 Å². The Morgan fingerprint density at radius 3 is 2.63 bits per heavy atom. The van der Waals surface area contributed by atoms with Crippen molar-refractivity contribution < 1.29 is 8.42 Å². The Labute approximate surface area is 117 Å². The number of halogens is 1. The van der Waals surface area contributed by atoms with Crippen LogP contribution in [0.15, 0.2) is 22.0 Å². The highest BCUT2D eigenvalue weighted by molar-refractivity contribution is 7.89. The summed E-state index contributed by atoms with van der Waals surface area (Å²) in [6.07, 6.45) is 5.38. The Bertz CT molecular complexity index is 615. The molecule has 0 bridgehead atoms. The van der Waals surface area contributed by atoms with Crippen LogP contribution in [0.1, 0.15) is 32.6 Å². The molecule has 1 aromatic rings. The second-order valence-corrected chi connectivity index (χ2v) is 7.22. The van der Waals surface area contributed by atoms with Crippen molar-refractivity contribution in [2.45, 2.75) is 37.5 Å². The van der Waals surface area contributed by atoms with Gasteiger partial charge in [0.1, 0.15) is 5.02 Å². The second kappa shape index (κ2) is 5.26. The number of rotatable bonds is 5. The van der Waals surface area contributed by atoms with E-state index >= 15 is 0 Å². The van der Waals surface area contributed by atoms with E-state index in [1.54, 1.807) is 0 Å². The van der Waals surface area contributed by atoms with Crippen LogP contribution in [0, 0.1) is 5.41 Å². The summed E-state index contributed by atoms with van der Waals surface area (Å²) in [7, 11) is -3.62. The average molecular weight is 305 g/mol. The third kappa shape index (κ3) is 3.01. The molecule has 5 nitrogen and oxygen atoms in total. The molecule has 1 fully saturated rings. The molecule has 2 rings (SSSR count). The number of hydrogen-bond acceptors (Lipinski definition) is 3. The van der Waals surface area contributed by atoms with Crippen LogP contribution in [0.4, 0.5) is 0 Å². The molecular weight excluding hydrogens is 288 g/mol. The van der Waals surface area contributed by atoms with Crippen LogP contribution < -0.4 is 10.3 Å². The molecule has 2 N–H and O–H groups in total. The molecule has 0 atom stereocenters. The minimum Gasteiger partial charge on any atom is -0.326 e. The number of aromatic nitrogens is 1. The van der Waals surface area contributed by atoms with Crippen molar-refractivity contribution in [3.63, 3.8) is 0 Å². The SMILES string of the molecule is CCC1(CNS(=O)(=O)c2c[nH]c(=O)c(Cl)c2)CCC1. The highest BCUT2D eigenvalue weighted by Crippen LogP contribution is 2.43. The molecule has 0 spiro atoms. The predicted octanol–water partition coefficient (Wildman–Crippen LogP) is 1.89. The first-order valence-corrected chi connectivity index (χ1v) is 8.13. The van der Waals surface area contributed by atoms with E-state index in [9.17, 15) is 13.2 Å². The summed E-state index contributed by atoms with van der Waals surface area (Å²) in [5.74, 6) is 0. The smallest absolute Gasteiger partial charge is 0.266 e. The van der Waals surface area contributed by atoms with Crippen molar-refractivity contribution in [2.24, 2.45) is 5.41 Å². The van der Waals surface area contributed by atoms with Gasteiger partial charge < -0.3 is 4.98 Å². The van der Waals surface area contributed by atoms with Crippen molar-refractivity contribution in [1.82, 2.24) is 9.71 Å². The minimum absolute atomic E-state index is 0.0114. The molecule has 0 aliphatic heterocycles. The average Bonchev–Trinajstić information content (AvgIpc) is 2.31. The maximum Gasteiger partial charge on any atom is 0.266 e. The van der Waals surface area contributed by atoms with Gasteiger partial charge in [-0.05, 0) is 30.7 Å². The summed E-state index contributed by atoms with van der Waals surface area (Å²) < 4.78 is 26.8. The van der Waals surface area contributed by atoms with Gasteiger partial charge in [0, 0.05) is 12.7 Å². The molecule has 0 amide bonds. The van der Waals surface area contributed by atoms with Gasteiger partial charge in [0.05, 0.1) is 4.90 Å². The molecule has 1 aromatic heterocycles. The van der Waals surface area contributed by atoms with E-state index in [1.807, 2.05) is 0 Å². The first-order valence-electron chi connectivity index (χ1n) is 6.26. The van der Waals surface area contributed by atoms with Crippen molar-refractivity contribution in [2.75, 3.05) is 6.54 Å². The molecule has 0 aromatic carbocycles. The molecule has 0 radical (unpaired) electrons. The topological polar surface area (TPSA) is 79.0 Å². The largest absolute Gasteiger partial charge is 0.326 e. The number of sulfonamides is 1. The number of pyridine rings is 1. The number of aromatic amines is 1. The lowest BCUT2D eigenvalue weighted by Crippen LogP contribution is -2.41. The van der Waals surface area contributed by atoms with Gasteiger partial charge in [0.2, 0.25) is 10.0 Å². The zero-order chi connectivity index (χ0) is 14.1. The monoisotopic (exact) mass is 304 g/mol. The van der Waals surface area contributed by atoms with Crippen molar-refractivity contribution in [3.8, 4) is 0 Å². The van der Waals surface area contributed by atoms with E-state index in [0.29, 0.717) is 6.54 Å². The zero-order valence-electron chi connectivity index (χ0n) is 10.7. The number of H-pyrrole nitrogens is 1. The highest BCUT2D eigenvalue weighted by Gasteiger charge is 2.36. The standard InChI is InChI=1S/C12H17ClN2O3S/c1-2-12(4-3-5-12)8-15-19(17,18)9-6-10(13)11(16)14-7-9/h6-7,15H,2-5,8H2,1H3,(H,14,16). The quantitative estimate of drug-likeness (QED) is 0.872. The molecule has 1 aliphatic carbocycles. The van der Waals surface area contributed by atoms with Crippen molar-refractivity contribution in [3.05, 3.63) is 27.6 Å². The van der Waals surface area contributed by atoms with E-state index < -0.39 is 15.6 Å². The van der Waals surface area contributed by atoms with Gasteiger partial charge in [-0.2, -0.15) is 0 Å². The van der Waals surface area contributed by atoms with Gasteiger partial charge in [0.25, 0.3) is 5.56 Å². The highest BCUT2D eigenvalue weighted by atomic mass is 35.5. The lowest BCUT2D eigenvalue weighted by Gasteiger charge is -2.41. The Balaban J connectivity index is 2.14. The maximum absolute atomic E-state index is 12.1. The van der Waals surface area contributed by atoms with Crippen LogP contribution in [0.5, 0.6) is 0 Å². The Morgan fingerprint density at radius 2 is 2.16 bits per heavy atom. The van der Waals surface area contributed by atoms with Crippen LogP contribution in [0.25, 0.3) is 0 Å². The van der Waals surface area contributed by atoms with Gasteiger partial charge in [-0.1, -0.05) is 24.9 Å². The summed E-state index contributed by atoms with van der Waals surface area (Å²) in [5.41, 5.74) is -0.399. The number of hydrogen-bond donors (Lipinski definition) is 2. The van der Waals surface area contributed by atoms with Crippen LogP contribution in [0.3, 0.4) is 0 Å². The fraction of sp³-hybridized carbons (Fsp3) is 0.583. The zero-order valence-corrected chi connectivity index (χ0v) is 12.3. The second-order valence-electron chi connectivity index (χ2n) is 5.04. The van der Waals surface area contributed by atoms with Gasteiger partial charge >= 0.3 is 0 Å². The van der Waals surface area contributed by atoms with Gasteiger partial charge in [0.15, 0.2) is 0 Å². The van der Waals surface area contributed by atoms with E-state index in [-0.39, 0.29) is 15.3 Å². The lowest BCUT2D eigenvalue weighted by atomic mass is 9.67. The summed E-state index contributed by atoms with van der Waals surface area (Å²) in [5, 5.41) is -0.128. The summed E-state index contributed by atoms with van der Waals surface area (Å²) in [6, 6.07) is 1.17. The van der Waals surface area contributed by atoms with E-state index in [0.717, 1.165) is 31.9 Å². The molecule has 1 heterocycles. The van der Waals surface area contributed by atoms with Crippen LogP contribution >= 0.6 is 11.6 Å². The van der Waals surface area contributed by atoms with Crippen LogP contribution in [-0.2, 0) is 10.0 Å². The predicted molar refractivity (Wildman–Crippen MR) is 73.8 cm³/mol. The summed E-state index contributed by atoms with van der Waals surface area (Å²) >= 11 is 5.64. The number of nitrogens with one attached hydrogen (secondary N) is 2. The van der Waals surface area contributed by atoms with Gasteiger partial charge in [-0.3, -0.25) is 4.79 Å². The first-order chi connectivity index (χ1) is 8.88. The van der Waals surface area contributed by atoms with E-state index in [1.165, 1.54) is 6.07 Å². The Hall–Kier alpha value is -0.850. The molecular formula is C12H17ClN2O3S. The first kappa shape index (κ1) is 14.6. The molecule has 106 valence electrons. The summed E-state index contributed by atoms with van der Waals surface area (Å²) in [6.45, 7) is 2.51. The molecule has 1 saturated carbocycles. The summed E-state index contributed by atoms with van der Waals surface area (Å²) in [4.78, 5) is 13.4. The Morgan fingerprint density at radius 1 is 1.47 bits per heavy atom. The fourth-order valence-electron chi connectivity index (χ4n) is 2.26. The fourth-order valence-corrected chi connectivity index (χ4v) is 3.64. The van der Waals surface area contributed by atoms with Crippen molar-refractivity contribution in [1.29, 1.82) is 0 Å². The normalized spacial score (nSPS) is 18.0. The van der Waals surface area contributed by atoms with Crippen LogP contribution in [-0.4, -0.2) is 19.9 Å². The third-order valence-corrected chi connectivity index (χ3v) is 5.60. The van der Waals surface area contributed by atoms with E-state index in [4.69, 9.17) is 11.6 Å². The third-order valence-electron chi connectivity index (χ3n) is 3.94.